The van der Waals surface area contributed by atoms with E-state index in [2.05, 4.69) is 14.4 Å². The standard InChI is InChI=1S/C11H18N2O5S2/c1-8(6-14)4-3-5-13-20(16,17)11-9(10(15)18-2)12-7-19-11/h7-8,13-14H,3-6H2,1-2H3. The summed E-state index contributed by atoms with van der Waals surface area (Å²) in [6, 6.07) is 0. The molecule has 0 aliphatic heterocycles. The Morgan fingerprint density at radius 2 is 2.30 bits per heavy atom. The molecule has 0 fully saturated rings. The van der Waals surface area contributed by atoms with Crippen LogP contribution in [0.4, 0.5) is 0 Å². The monoisotopic (exact) mass is 322 g/mol. The molecule has 1 aromatic heterocycles. The molecule has 20 heavy (non-hydrogen) atoms. The third-order valence-corrected chi connectivity index (χ3v) is 5.47. The lowest BCUT2D eigenvalue weighted by Gasteiger charge is -2.08. The molecule has 0 aromatic carbocycles. The van der Waals surface area contributed by atoms with Crippen LogP contribution in [0.5, 0.6) is 0 Å². The van der Waals surface area contributed by atoms with Gasteiger partial charge in [-0.2, -0.15) is 0 Å². The molecule has 0 radical (unpaired) electrons. The van der Waals surface area contributed by atoms with Crippen LogP contribution in [0.15, 0.2) is 9.72 Å². The summed E-state index contributed by atoms with van der Waals surface area (Å²) in [4.78, 5) is 15.1. The van der Waals surface area contributed by atoms with E-state index in [9.17, 15) is 13.2 Å². The average molecular weight is 322 g/mol. The number of rotatable bonds is 8. The van der Waals surface area contributed by atoms with Crippen LogP contribution < -0.4 is 4.72 Å². The van der Waals surface area contributed by atoms with Crippen molar-refractivity contribution in [2.24, 2.45) is 5.92 Å². The number of carbonyl (C=O) groups is 1. The molecule has 0 saturated carbocycles. The summed E-state index contributed by atoms with van der Waals surface area (Å²) in [5.41, 5.74) is 1.09. The van der Waals surface area contributed by atoms with Crippen molar-refractivity contribution >= 4 is 27.3 Å². The Bertz CT molecular complexity index is 541. The number of nitrogens with one attached hydrogen (secondary N) is 1. The first kappa shape index (κ1) is 17.0. The Morgan fingerprint density at radius 3 is 2.90 bits per heavy atom. The van der Waals surface area contributed by atoms with Crippen LogP contribution in [0, 0.1) is 5.92 Å². The van der Waals surface area contributed by atoms with Crippen molar-refractivity contribution in [3.05, 3.63) is 11.2 Å². The van der Waals surface area contributed by atoms with Gasteiger partial charge in [0.05, 0.1) is 12.6 Å². The molecule has 1 atom stereocenters. The lowest BCUT2D eigenvalue weighted by Crippen LogP contribution is -2.26. The van der Waals surface area contributed by atoms with Crippen molar-refractivity contribution in [2.75, 3.05) is 20.3 Å². The molecule has 1 unspecified atom stereocenters. The molecule has 0 saturated heterocycles. The van der Waals surface area contributed by atoms with Gasteiger partial charge in [0.15, 0.2) is 9.90 Å². The summed E-state index contributed by atoms with van der Waals surface area (Å²) in [5.74, 6) is -0.644. The van der Waals surface area contributed by atoms with E-state index < -0.39 is 16.0 Å². The van der Waals surface area contributed by atoms with Crippen LogP contribution in [0.25, 0.3) is 0 Å². The quantitative estimate of drug-likeness (QED) is 0.537. The van der Waals surface area contributed by atoms with Crippen molar-refractivity contribution in [3.8, 4) is 0 Å². The summed E-state index contributed by atoms with van der Waals surface area (Å²) in [6.07, 6.45) is 1.32. The van der Waals surface area contributed by atoms with E-state index in [1.165, 1.54) is 12.6 Å². The van der Waals surface area contributed by atoms with E-state index in [0.717, 1.165) is 11.3 Å². The maximum atomic E-state index is 12.1. The number of nitrogens with zero attached hydrogens (tertiary/aromatic N) is 1. The summed E-state index contributed by atoms with van der Waals surface area (Å²) in [7, 11) is -2.60. The summed E-state index contributed by atoms with van der Waals surface area (Å²) in [5, 5.41) is 8.87. The van der Waals surface area contributed by atoms with Gasteiger partial charge < -0.3 is 9.84 Å². The molecule has 0 aliphatic carbocycles. The van der Waals surface area contributed by atoms with Gasteiger partial charge in [-0.05, 0) is 18.8 Å². The van der Waals surface area contributed by atoms with E-state index in [0.29, 0.717) is 12.8 Å². The van der Waals surface area contributed by atoms with Crippen LogP contribution in [-0.4, -0.2) is 44.7 Å². The highest BCUT2D eigenvalue weighted by atomic mass is 32.2. The van der Waals surface area contributed by atoms with Gasteiger partial charge in [0.1, 0.15) is 0 Å². The molecule has 7 nitrogen and oxygen atoms in total. The predicted octanol–water partition coefficient (Wildman–Crippen LogP) is 0.617. The van der Waals surface area contributed by atoms with Gasteiger partial charge in [-0.1, -0.05) is 6.92 Å². The fourth-order valence-corrected chi connectivity index (χ4v) is 3.72. The first-order valence-electron chi connectivity index (χ1n) is 6.04. The Labute approximate surface area is 122 Å². The van der Waals surface area contributed by atoms with E-state index in [1.54, 1.807) is 0 Å². The second-order valence-electron chi connectivity index (χ2n) is 4.31. The molecule has 1 rings (SSSR count). The van der Waals surface area contributed by atoms with Crippen molar-refractivity contribution in [1.82, 2.24) is 9.71 Å². The number of methoxy groups -OCH3 is 1. The molecular formula is C11H18N2O5S2. The molecule has 0 spiro atoms. The van der Waals surface area contributed by atoms with Crippen molar-refractivity contribution in [2.45, 2.75) is 24.0 Å². The third-order valence-electron chi connectivity index (χ3n) is 2.64. The Balaban J connectivity index is 2.66. The molecular weight excluding hydrogens is 304 g/mol. The van der Waals surface area contributed by atoms with Gasteiger partial charge in [0.25, 0.3) is 10.0 Å². The highest BCUT2D eigenvalue weighted by molar-refractivity contribution is 7.91. The predicted molar refractivity (Wildman–Crippen MR) is 74.1 cm³/mol. The number of ether oxygens (including phenoxy) is 1. The molecule has 2 N–H and O–H groups in total. The van der Waals surface area contributed by atoms with Gasteiger partial charge in [-0.15, -0.1) is 11.3 Å². The third kappa shape index (κ3) is 4.51. The van der Waals surface area contributed by atoms with Crippen molar-refractivity contribution in [1.29, 1.82) is 0 Å². The fraction of sp³-hybridized carbons (Fsp3) is 0.636. The largest absolute Gasteiger partial charge is 0.464 e. The number of aliphatic hydroxyl groups excluding tert-OH is 1. The number of hydrogen-bond donors (Lipinski definition) is 2. The topological polar surface area (TPSA) is 106 Å². The van der Waals surface area contributed by atoms with Crippen LogP contribution in [-0.2, 0) is 14.8 Å². The summed E-state index contributed by atoms with van der Waals surface area (Å²) < 4.78 is 30.9. The minimum absolute atomic E-state index is 0.0775. The first-order valence-corrected chi connectivity index (χ1v) is 8.41. The number of sulfonamides is 1. The number of hydrogen-bond acceptors (Lipinski definition) is 7. The van der Waals surface area contributed by atoms with E-state index in [-0.39, 0.29) is 29.0 Å². The maximum Gasteiger partial charge on any atom is 0.358 e. The summed E-state index contributed by atoms with van der Waals surface area (Å²) in [6.45, 7) is 2.20. The molecule has 114 valence electrons. The van der Waals surface area contributed by atoms with Gasteiger partial charge in [-0.3, -0.25) is 0 Å². The maximum absolute atomic E-state index is 12.1. The van der Waals surface area contributed by atoms with Crippen LogP contribution in [0.3, 0.4) is 0 Å². The minimum atomic E-state index is -3.76. The molecule has 9 heteroatoms. The van der Waals surface area contributed by atoms with Gasteiger partial charge in [-0.25, -0.2) is 22.9 Å². The first-order chi connectivity index (χ1) is 9.42. The fourth-order valence-electron chi connectivity index (χ4n) is 1.47. The Kier molecular flexibility index (Phi) is 6.53. The smallest absolute Gasteiger partial charge is 0.358 e. The molecule has 0 bridgehead atoms. The second kappa shape index (κ2) is 7.67. The zero-order valence-electron chi connectivity index (χ0n) is 11.3. The minimum Gasteiger partial charge on any atom is -0.464 e. The second-order valence-corrected chi connectivity index (χ2v) is 7.12. The molecule has 1 aromatic rings. The summed E-state index contributed by atoms with van der Waals surface area (Å²) >= 11 is 0.867. The molecule has 1 heterocycles. The van der Waals surface area contributed by atoms with Gasteiger partial charge >= 0.3 is 5.97 Å². The molecule has 0 aliphatic rings. The Morgan fingerprint density at radius 1 is 1.60 bits per heavy atom. The van der Waals surface area contributed by atoms with Crippen LogP contribution >= 0.6 is 11.3 Å². The Hall–Kier alpha value is -1.03. The van der Waals surface area contributed by atoms with Crippen LogP contribution in [0.1, 0.15) is 30.3 Å². The van der Waals surface area contributed by atoms with E-state index in [4.69, 9.17) is 5.11 Å². The number of aliphatic hydroxyl groups is 1. The number of carbonyl (C=O) groups excluding carboxylic acids is 1. The van der Waals surface area contributed by atoms with Gasteiger partial charge in [0, 0.05) is 13.2 Å². The zero-order chi connectivity index (χ0) is 15.2. The lowest BCUT2D eigenvalue weighted by atomic mass is 10.1. The SMILES string of the molecule is COC(=O)c1ncsc1S(=O)(=O)NCCCC(C)CO. The molecule has 0 amide bonds. The van der Waals surface area contributed by atoms with E-state index >= 15 is 0 Å². The van der Waals surface area contributed by atoms with Gasteiger partial charge in [0.2, 0.25) is 0 Å². The lowest BCUT2D eigenvalue weighted by molar-refractivity contribution is 0.0590. The average Bonchev–Trinajstić information content (AvgIpc) is 2.92. The van der Waals surface area contributed by atoms with Crippen molar-refractivity contribution in [3.63, 3.8) is 0 Å². The van der Waals surface area contributed by atoms with Crippen LogP contribution in [0.2, 0.25) is 0 Å². The highest BCUT2D eigenvalue weighted by Gasteiger charge is 2.26. The number of aromatic nitrogens is 1. The zero-order valence-corrected chi connectivity index (χ0v) is 13.0. The normalized spacial score (nSPS) is 13.2. The van der Waals surface area contributed by atoms with E-state index in [1.807, 2.05) is 6.92 Å². The highest BCUT2D eigenvalue weighted by Crippen LogP contribution is 2.20. The number of esters is 1. The number of thiazole rings is 1. The van der Waals surface area contributed by atoms with Crippen molar-refractivity contribution < 1.29 is 23.1 Å².